The average Bonchev–Trinajstić information content (AvgIpc) is 2.83. The molecule has 1 aromatic heterocycles. The molecule has 36 heavy (non-hydrogen) atoms. The minimum atomic E-state index is -5.02. The number of halogens is 6. The summed E-state index contributed by atoms with van der Waals surface area (Å²) < 4.78 is 98.3. The zero-order valence-corrected chi connectivity index (χ0v) is 18.7. The summed E-state index contributed by atoms with van der Waals surface area (Å²) in [6, 6.07) is 4.84. The minimum absolute atomic E-state index is 0.00263. The summed E-state index contributed by atoms with van der Waals surface area (Å²) in [5.41, 5.74) is -2.22. The summed E-state index contributed by atoms with van der Waals surface area (Å²) in [4.78, 5) is 17.9. The number of anilines is 1. The molecule has 2 heterocycles. The third kappa shape index (κ3) is 5.56. The summed E-state index contributed by atoms with van der Waals surface area (Å²) in [7, 11) is 1.55. The van der Waals surface area contributed by atoms with E-state index in [0.717, 1.165) is 18.2 Å². The van der Waals surface area contributed by atoms with Gasteiger partial charge in [0.2, 0.25) is 5.88 Å². The molecule has 0 aliphatic carbocycles. The Kier molecular flexibility index (Phi) is 7.11. The van der Waals surface area contributed by atoms with Crippen molar-refractivity contribution in [3.05, 3.63) is 75.5 Å². The van der Waals surface area contributed by atoms with Gasteiger partial charge in [-0.2, -0.15) is 18.2 Å². The summed E-state index contributed by atoms with van der Waals surface area (Å²) >= 11 is 0. The highest BCUT2D eigenvalue weighted by molar-refractivity contribution is 5.43. The van der Waals surface area contributed by atoms with Crippen molar-refractivity contribution < 1.29 is 40.6 Å². The SMILES string of the molecule is Cn1c(N2CCOCC2)cc(OCc2cc(F)c(Oc3ccc(F)c(C(F)(F)F)c3)c(F)c2)nc1=O. The van der Waals surface area contributed by atoms with Crippen molar-refractivity contribution in [2.45, 2.75) is 12.8 Å². The van der Waals surface area contributed by atoms with Gasteiger partial charge in [-0.3, -0.25) is 4.57 Å². The van der Waals surface area contributed by atoms with Gasteiger partial charge in [0, 0.05) is 26.2 Å². The van der Waals surface area contributed by atoms with Gasteiger partial charge in [-0.05, 0) is 35.9 Å². The van der Waals surface area contributed by atoms with Gasteiger partial charge in [-0.15, -0.1) is 0 Å². The van der Waals surface area contributed by atoms with E-state index in [2.05, 4.69) is 4.98 Å². The van der Waals surface area contributed by atoms with E-state index in [4.69, 9.17) is 14.2 Å². The van der Waals surface area contributed by atoms with Crippen molar-refractivity contribution in [2.75, 3.05) is 31.2 Å². The van der Waals surface area contributed by atoms with E-state index < -0.39 is 46.4 Å². The lowest BCUT2D eigenvalue weighted by Crippen LogP contribution is -2.39. The third-order valence-corrected chi connectivity index (χ3v) is 5.33. The van der Waals surface area contributed by atoms with Crippen LogP contribution in [0.15, 0.2) is 41.2 Å². The molecular weight excluding hydrogens is 496 g/mol. The summed E-state index contributed by atoms with van der Waals surface area (Å²) in [5, 5.41) is 0. The van der Waals surface area contributed by atoms with Crippen LogP contribution in [0, 0.1) is 17.5 Å². The smallest absolute Gasteiger partial charge is 0.419 e. The monoisotopic (exact) mass is 515 g/mol. The lowest BCUT2D eigenvalue weighted by Gasteiger charge is -2.29. The lowest BCUT2D eigenvalue weighted by molar-refractivity contribution is -0.140. The molecule has 0 saturated carbocycles. The number of nitrogens with zero attached hydrogens (tertiary/aromatic N) is 3. The highest BCUT2D eigenvalue weighted by Gasteiger charge is 2.34. The Morgan fingerprint density at radius 3 is 2.31 bits per heavy atom. The average molecular weight is 515 g/mol. The molecule has 1 aliphatic heterocycles. The fourth-order valence-corrected chi connectivity index (χ4v) is 3.53. The standard InChI is InChI=1S/C23H19F6N3O4/c1-31-20(32-4-6-34-7-5-32)11-19(30-22(31)33)35-12-13-8-17(25)21(18(26)9-13)36-14-2-3-16(24)15(10-14)23(27,28)29/h2-3,8-11H,4-7,12H2,1H3. The van der Waals surface area contributed by atoms with E-state index in [1.54, 1.807) is 7.05 Å². The molecule has 2 aromatic carbocycles. The molecule has 13 heteroatoms. The molecule has 3 aromatic rings. The second kappa shape index (κ2) is 10.1. The van der Waals surface area contributed by atoms with E-state index in [-0.39, 0.29) is 18.1 Å². The van der Waals surface area contributed by atoms with Gasteiger partial charge >= 0.3 is 11.9 Å². The zero-order valence-electron chi connectivity index (χ0n) is 18.7. The first-order chi connectivity index (χ1) is 17.0. The number of hydrogen-bond donors (Lipinski definition) is 0. The number of benzene rings is 2. The Bertz CT molecular complexity index is 1300. The van der Waals surface area contributed by atoms with Crippen molar-refractivity contribution >= 4 is 5.82 Å². The van der Waals surface area contributed by atoms with Crippen LogP contribution < -0.4 is 20.1 Å². The van der Waals surface area contributed by atoms with Crippen LogP contribution in [0.1, 0.15) is 11.1 Å². The van der Waals surface area contributed by atoms with E-state index in [9.17, 15) is 31.1 Å². The van der Waals surface area contributed by atoms with Crippen LogP contribution in [0.25, 0.3) is 0 Å². The van der Waals surface area contributed by atoms with E-state index in [0.29, 0.717) is 44.3 Å². The van der Waals surface area contributed by atoms with Crippen LogP contribution in [0.3, 0.4) is 0 Å². The number of alkyl halides is 3. The molecule has 7 nitrogen and oxygen atoms in total. The predicted molar refractivity (Wildman–Crippen MR) is 115 cm³/mol. The Morgan fingerprint density at radius 2 is 1.67 bits per heavy atom. The lowest BCUT2D eigenvalue weighted by atomic mass is 10.2. The van der Waals surface area contributed by atoms with Gasteiger partial charge in [0.15, 0.2) is 17.4 Å². The maximum absolute atomic E-state index is 14.6. The minimum Gasteiger partial charge on any atom is -0.473 e. The van der Waals surface area contributed by atoms with Crippen LogP contribution in [0.4, 0.5) is 32.2 Å². The maximum Gasteiger partial charge on any atom is 0.419 e. The number of rotatable bonds is 6. The van der Waals surface area contributed by atoms with E-state index >= 15 is 0 Å². The Morgan fingerprint density at radius 1 is 1.00 bits per heavy atom. The first kappa shape index (κ1) is 25.4. The molecule has 0 amide bonds. The van der Waals surface area contributed by atoms with Crippen molar-refractivity contribution in [2.24, 2.45) is 7.05 Å². The molecule has 4 rings (SSSR count). The van der Waals surface area contributed by atoms with Gasteiger partial charge in [0.25, 0.3) is 0 Å². The number of ether oxygens (including phenoxy) is 3. The van der Waals surface area contributed by atoms with Crippen molar-refractivity contribution in [1.29, 1.82) is 0 Å². The van der Waals surface area contributed by atoms with E-state index in [1.165, 1.54) is 10.6 Å². The van der Waals surface area contributed by atoms with Gasteiger partial charge in [0.05, 0.1) is 18.8 Å². The Hall–Kier alpha value is -3.74. The fraction of sp³-hybridized carbons (Fsp3) is 0.304. The molecule has 1 saturated heterocycles. The number of aromatic nitrogens is 2. The van der Waals surface area contributed by atoms with Crippen LogP contribution in [-0.4, -0.2) is 35.9 Å². The molecule has 192 valence electrons. The van der Waals surface area contributed by atoms with Crippen molar-refractivity contribution in [1.82, 2.24) is 9.55 Å². The first-order valence-corrected chi connectivity index (χ1v) is 10.6. The fourth-order valence-electron chi connectivity index (χ4n) is 3.53. The van der Waals surface area contributed by atoms with Crippen molar-refractivity contribution in [3.63, 3.8) is 0 Å². The molecule has 0 atom stereocenters. The highest BCUT2D eigenvalue weighted by Crippen LogP contribution is 2.36. The molecular formula is C23H19F6N3O4. The Labute approximate surface area is 200 Å². The highest BCUT2D eigenvalue weighted by atomic mass is 19.4. The van der Waals surface area contributed by atoms with Crippen LogP contribution >= 0.6 is 0 Å². The van der Waals surface area contributed by atoms with Crippen LogP contribution in [0.2, 0.25) is 0 Å². The Balaban J connectivity index is 1.51. The zero-order chi connectivity index (χ0) is 26.0. The van der Waals surface area contributed by atoms with Crippen LogP contribution in [0.5, 0.6) is 17.4 Å². The molecule has 0 unspecified atom stereocenters. The molecule has 0 spiro atoms. The van der Waals surface area contributed by atoms with Crippen LogP contribution in [-0.2, 0) is 24.6 Å². The second-order valence-corrected chi connectivity index (χ2v) is 7.81. The van der Waals surface area contributed by atoms with E-state index in [1.807, 2.05) is 4.90 Å². The third-order valence-electron chi connectivity index (χ3n) is 5.33. The summed E-state index contributed by atoms with van der Waals surface area (Å²) in [6.45, 7) is 1.69. The molecule has 0 radical (unpaired) electrons. The topological polar surface area (TPSA) is 65.8 Å². The number of hydrogen-bond acceptors (Lipinski definition) is 6. The molecule has 0 N–H and O–H groups in total. The van der Waals surface area contributed by atoms with Crippen molar-refractivity contribution in [3.8, 4) is 17.4 Å². The maximum atomic E-state index is 14.6. The summed E-state index contributed by atoms with van der Waals surface area (Å²) in [5.74, 6) is -5.11. The molecule has 1 aliphatic rings. The second-order valence-electron chi connectivity index (χ2n) is 7.81. The molecule has 0 bridgehead atoms. The van der Waals surface area contributed by atoms with Gasteiger partial charge in [-0.1, -0.05) is 0 Å². The van der Waals surface area contributed by atoms with Gasteiger partial charge in [0.1, 0.15) is 24.0 Å². The number of morpholine rings is 1. The summed E-state index contributed by atoms with van der Waals surface area (Å²) in [6.07, 6.45) is -5.02. The quantitative estimate of drug-likeness (QED) is 0.453. The van der Waals surface area contributed by atoms with Gasteiger partial charge in [-0.25, -0.2) is 18.0 Å². The van der Waals surface area contributed by atoms with Gasteiger partial charge < -0.3 is 19.1 Å². The predicted octanol–water partition coefficient (Wildman–Crippen LogP) is 4.42. The largest absolute Gasteiger partial charge is 0.473 e. The first-order valence-electron chi connectivity index (χ1n) is 10.6. The molecule has 1 fully saturated rings. The normalized spacial score (nSPS) is 14.1.